The third-order valence-corrected chi connectivity index (χ3v) is 5.77. The fourth-order valence-corrected chi connectivity index (χ4v) is 3.75. The van der Waals surface area contributed by atoms with Crippen LogP contribution in [0.1, 0.15) is 81.5 Å². The zero-order chi connectivity index (χ0) is 23.5. The molecule has 0 aromatic heterocycles. The van der Waals surface area contributed by atoms with Crippen molar-refractivity contribution in [2.45, 2.75) is 64.5 Å². The third kappa shape index (κ3) is 5.46. The van der Waals surface area contributed by atoms with Crippen molar-refractivity contribution in [3.8, 4) is 5.75 Å². The van der Waals surface area contributed by atoms with Crippen molar-refractivity contribution in [1.29, 1.82) is 0 Å². The molecule has 0 unspecified atom stereocenters. The Morgan fingerprint density at radius 3 is 1.78 bits per heavy atom. The second-order valence-electron chi connectivity index (χ2n) is 10.5. The van der Waals surface area contributed by atoms with Crippen LogP contribution in [0.2, 0.25) is 0 Å². The van der Waals surface area contributed by atoms with Gasteiger partial charge >= 0.3 is 0 Å². The van der Waals surface area contributed by atoms with Crippen molar-refractivity contribution in [2.24, 2.45) is 4.99 Å². The van der Waals surface area contributed by atoms with Crippen molar-refractivity contribution >= 4 is 6.21 Å². The van der Waals surface area contributed by atoms with Gasteiger partial charge in [0.25, 0.3) is 0 Å². The number of aliphatic hydroxyl groups is 1. The van der Waals surface area contributed by atoms with E-state index in [-0.39, 0.29) is 16.6 Å². The number of nitrogens with zero attached hydrogens (tertiary/aromatic N) is 1. The molecule has 0 amide bonds. The summed E-state index contributed by atoms with van der Waals surface area (Å²) >= 11 is 0. The zero-order valence-electron chi connectivity index (χ0n) is 20.0. The van der Waals surface area contributed by atoms with Crippen LogP contribution in [0.3, 0.4) is 0 Å². The van der Waals surface area contributed by atoms with Crippen molar-refractivity contribution in [1.82, 2.24) is 0 Å². The predicted octanol–water partition coefficient (Wildman–Crippen LogP) is 6.88. The Morgan fingerprint density at radius 2 is 1.28 bits per heavy atom. The lowest BCUT2D eigenvalue weighted by molar-refractivity contribution is 0.148. The van der Waals surface area contributed by atoms with Crippen LogP contribution in [0.5, 0.6) is 5.75 Å². The van der Waals surface area contributed by atoms with Gasteiger partial charge in [0, 0.05) is 17.3 Å². The second-order valence-corrected chi connectivity index (χ2v) is 10.5. The molecular formula is C29H35NO2. The van der Waals surface area contributed by atoms with E-state index in [0.717, 1.165) is 22.3 Å². The molecule has 3 aromatic carbocycles. The standard InChI is InChI=1S/C29H35NO2/c1-28(2,3)23-17-22(26(31)24(18-23)29(4,5)6)19-30-25(20-13-9-7-10-14-20)27(32)21-15-11-8-12-16-21/h7-19,25,27,31-32H,1-6H3/t25-,27-/m1/s1. The lowest BCUT2D eigenvalue weighted by Crippen LogP contribution is -2.17. The maximum atomic E-state index is 11.2. The molecule has 2 N–H and O–H groups in total. The van der Waals surface area contributed by atoms with Crippen LogP contribution >= 0.6 is 0 Å². The third-order valence-electron chi connectivity index (χ3n) is 5.77. The van der Waals surface area contributed by atoms with E-state index in [0.29, 0.717) is 5.56 Å². The summed E-state index contributed by atoms with van der Waals surface area (Å²) in [6.45, 7) is 12.8. The molecule has 0 aliphatic rings. The average Bonchev–Trinajstić information content (AvgIpc) is 2.74. The van der Waals surface area contributed by atoms with E-state index in [1.165, 1.54) is 0 Å². The van der Waals surface area contributed by atoms with Crippen LogP contribution in [0, 0.1) is 0 Å². The van der Waals surface area contributed by atoms with Crippen LogP contribution in [0.25, 0.3) is 0 Å². The SMILES string of the molecule is CC(C)(C)c1cc(C=N[C@H](c2ccccc2)[C@H](O)c2ccccc2)c(O)c(C(C)(C)C)c1. The number of hydrogen-bond acceptors (Lipinski definition) is 3. The summed E-state index contributed by atoms with van der Waals surface area (Å²) in [5.41, 5.74) is 4.15. The molecule has 0 bridgehead atoms. The van der Waals surface area contributed by atoms with Crippen molar-refractivity contribution in [2.75, 3.05) is 0 Å². The highest BCUT2D eigenvalue weighted by Crippen LogP contribution is 2.38. The van der Waals surface area contributed by atoms with Crippen LogP contribution in [0.15, 0.2) is 77.8 Å². The van der Waals surface area contributed by atoms with E-state index in [1.54, 1.807) is 6.21 Å². The first-order chi connectivity index (χ1) is 15.0. The molecule has 3 rings (SSSR count). The fraction of sp³-hybridized carbons (Fsp3) is 0.345. The van der Waals surface area contributed by atoms with Crippen molar-refractivity contribution in [3.05, 3.63) is 101 Å². The summed E-state index contributed by atoms with van der Waals surface area (Å²) in [5.74, 6) is 0.246. The van der Waals surface area contributed by atoms with E-state index in [9.17, 15) is 10.2 Å². The monoisotopic (exact) mass is 429 g/mol. The zero-order valence-corrected chi connectivity index (χ0v) is 20.0. The first-order valence-corrected chi connectivity index (χ1v) is 11.2. The van der Waals surface area contributed by atoms with Crippen LogP contribution in [0.4, 0.5) is 0 Å². The highest BCUT2D eigenvalue weighted by molar-refractivity contribution is 5.85. The number of aliphatic hydroxyl groups excluding tert-OH is 1. The van der Waals surface area contributed by atoms with Crippen LogP contribution in [-0.4, -0.2) is 16.4 Å². The number of hydrogen-bond donors (Lipinski definition) is 2. The highest BCUT2D eigenvalue weighted by atomic mass is 16.3. The largest absolute Gasteiger partial charge is 0.507 e. The van der Waals surface area contributed by atoms with Gasteiger partial charge in [0.05, 0.1) is 0 Å². The van der Waals surface area contributed by atoms with E-state index in [2.05, 4.69) is 47.6 Å². The van der Waals surface area contributed by atoms with Gasteiger partial charge in [-0.15, -0.1) is 0 Å². The van der Waals surface area contributed by atoms with Gasteiger partial charge in [0.2, 0.25) is 0 Å². The molecule has 3 nitrogen and oxygen atoms in total. The topological polar surface area (TPSA) is 52.8 Å². The number of benzene rings is 3. The number of phenols is 1. The molecule has 168 valence electrons. The van der Waals surface area contributed by atoms with E-state index in [4.69, 9.17) is 4.99 Å². The fourth-order valence-electron chi connectivity index (χ4n) is 3.75. The Bertz CT molecular complexity index is 1060. The Hall–Kier alpha value is -2.91. The summed E-state index contributed by atoms with van der Waals surface area (Å²) < 4.78 is 0. The molecule has 0 spiro atoms. The Balaban J connectivity index is 2.10. The van der Waals surface area contributed by atoms with Gasteiger partial charge in [0.1, 0.15) is 17.9 Å². The molecule has 0 aliphatic carbocycles. The second kappa shape index (κ2) is 9.30. The summed E-state index contributed by atoms with van der Waals surface area (Å²) in [6.07, 6.45) is 0.911. The van der Waals surface area contributed by atoms with E-state index < -0.39 is 12.1 Å². The van der Waals surface area contributed by atoms with Crippen molar-refractivity contribution in [3.63, 3.8) is 0 Å². The molecule has 0 radical (unpaired) electrons. The van der Waals surface area contributed by atoms with Gasteiger partial charge in [-0.1, -0.05) is 108 Å². The molecule has 0 saturated heterocycles. The number of aliphatic imine (C=N–C) groups is 1. The smallest absolute Gasteiger partial charge is 0.128 e. The molecule has 0 aliphatic heterocycles. The van der Waals surface area contributed by atoms with Gasteiger partial charge in [-0.3, -0.25) is 4.99 Å². The average molecular weight is 430 g/mol. The first kappa shape index (κ1) is 23.7. The minimum Gasteiger partial charge on any atom is -0.507 e. The predicted molar refractivity (Wildman–Crippen MR) is 134 cm³/mol. The van der Waals surface area contributed by atoms with Gasteiger partial charge < -0.3 is 10.2 Å². The maximum Gasteiger partial charge on any atom is 0.128 e. The van der Waals surface area contributed by atoms with Gasteiger partial charge in [-0.2, -0.15) is 0 Å². The van der Waals surface area contributed by atoms with Crippen molar-refractivity contribution < 1.29 is 10.2 Å². The number of rotatable bonds is 5. The molecule has 0 heterocycles. The van der Waals surface area contributed by atoms with Crippen LogP contribution < -0.4 is 0 Å². The van der Waals surface area contributed by atoms with E-state index >= 15 is 0 Å². The highest BCUT2D eigenvalue weighted by Gasteiger charge is 2.25. The summed E-state index contributed by atoms with van der Waals surface area (Å²) in [5, 5.41) is 22.3. The lowest BCUT2D eigenvalue weighted by Gasteiger charge is -2.27. The minimum atomic E-state index is -0.801. The Kier molecular flexibility index (Phi) is 6.90. The number of aromatic hydroxyl groups is 1. The minimum absolute atomic E-state index is 0.0708. The summed E-state index contributed by atoms with van der Waals surface area (Å²) in [4.78, 5) is 4.81. The molecule has 0 saturated carbocycles. The first-order valence-electron chi connectivity index (χ1n) is 11.2. The lowest BCUT2D eigenvalue weighted by atomic mass is 9.79. The Labute approximate surface area is 192 Å². The molecule has 2 atom stereocenters. The maximum absolute atomic E-state index is 11.2. The molecular weight excluding hydrogens is 394 g/mol. The normalized spacial score (nSPS) is 14.5. The molecule has 0 fully saturated rings. The van der Waals surface area contributed by atoms with Gasteiger partial charge in [0.15, 0.2) is 0 Å². The number of phenolic OH excluding ortho intramolecular Hbond substituents is 1. The summed E-state index contributed by atoms with van der Waals surface area (Å²) in [7, 11) is 0. The van der Waals surface area contributed by atoms with Gasteiger partial charge in [-0.05, 0) is 33.6 Å². The Morgan fingerprint density at radius 1 is 0.750 bits per heavy atom. The summed E-state index contributed by atoms with van der Waals surface area (Å²) in [6, 6.07) is 23.0. The molecule has 3 aromatic rings. The van der Waals surface area contributed by atoms with Gasteiger partial charge in [-0.25, -0.2) is 0 Å². The quantitative estimate of drug-likeness (QED) is 0.434. The molecule has 3 heteroatoms. The van der Waals surface area contributed by atoms with E-state index in [1.807, 2.05) is 66.7 Å². The molecule has 32 heavy (non-hydrogen) atoms. The van der Waals surface area contributed by atoms with Crippen LogP contribution in [-0.2, 0) is 10.8 Å².